The summed E-state index contributed by atoms with van der Waals surface area (Å²) in [7, 11) is -3.52. The molecule has 1 heterocycles. The summed E-state index contributed by atoms with van der Waals surface area (Å²) in [6.07, 6.45) is 0.726. The SMILES string of the molecule is Cc1ccc2c(c1)C(c1ccccc1)CCOP(=O)(Nc1ccccc1)O2. The molecule has 0 amide bonds. The maximum Gasteiger partial charge on any atom is 0.486 e. The molecule has 5 heteroatoms. The molecule has 4 nitrogen and oxygen atoms in total. The average molecular weight is 379 g/mol. The van der Waals surface area contributed by atoms with Crippen LogP contribution in [-0.2, 0) is 9.09 Å². The summed E-state index contributed by atoms with van der Waals surface area (Å²) in [5, 5.41) is 2.95. The van der Waals surface area contributed by atoms with E-state index in [4.69, 9.17) is 9.05 Å². The van der Waals surface area contributed by atoms with Crippen molar-refractivity contribution in [1.29, 1.82) is 0 Å². The van der Waals surface area contributed by atoms with Crippen molar-refractivity contribution in [3.05, 3.63) is 95.6 Å². The van der Waals surface area contributed by atoms with E-state index in [2.05, 4.69) is 30.2 Å². The van der Waals surface area contributed by atoms with E-state index in [9.17, 15) is 4.57 Å². The highest BCUT2D eigenvalue weighted by Gasteiger charge is 2.32. The Kier molecular flexibility index (Phi) is 5.02. The van der Waals surface area contributed by atoms with Gasteiger partial charge < -0.3 is 4.52 Å². The number of nitrogens with one attached hydrogen (secondary N) is 1. The van der Waals surface area contributed by atoms with E-state index >= 15 is 0 Å². The van der Waals surface area contributed by atoms with Gasteiger partial charge in [-0.2, -0.15) is 0 Å². The fourth-order valence-corrected chi connectivity index (χ4v) is 4.78. The lowest BCUT2D eigenvalue weighted by Gasteiger charge is -2.28. The molecule has 27 heavy (non-hydrogen) atoms. The standard InChI is InChI=1S/C22H22NO3P/c1-17-12-13-22-21(16-17)20(18-8-4-2-5-9-18)14-15-25-27(24,26-22)23-19-10-6-3-7-11-19/h2-13,16,20H,14-15H2,1H3,(H,23,24). The number of hydrogen-bond donors (Lipinski definition) is 1. The van der Waals surface area contributed by atoms with Gasteiger partial charge in [0.2, 0.25) is 0 Å². The van der Waals surface area contributed by atoms with E-state index < -0.39 is 7.75 Å². The summed E-state index contributed by atoms with van der Waals surface area (Å²) >= 11 is 0. The summed E-state index contributed by atoms with van der Waals surface area (Å²) in [4.78, 5) is 0. The minimum Gasteiger partial charge on any atom is -0.409 e. The van der Waals surface area contributed by atoms with Crippen LogP contribution >= 0.6 is 7.75 Å². The summed E-state index contributed by atoms with van der Waals surface area (Å²) < 4.78 is 25.0. The molecule has 3 aromatic rings. The van der Waals surface area contributed by atoms with Crippen LogP contribution in [0.2, 0.25) is 0 Å². The van der Waals surface area contributed by atoms with Gasteiger partial charge in [0.05, 0.1) is 6.61 Å². The van der Waals surface area contributed by atoms with Gasteiger partial charge in [0.25, 0.3) is 0 Å². The van der Waals surface area contributed by atoms with Crippen molar-refractivity contribution in [2.45, 2.75) is 19.3 Å². The number of para-hydroxylation sites is 1. The Bertz CT molecular complexity index is 960. The molecule has 0 aliphatic carbocycles. The van der Waals surface area contributed by atoms with Crippen molar-refractivity contribution < 1.29 is 13.6 Å². The van der Waals surface area contributed by atoms with Crippen molar-refractivity contribution in [1.82, 2.24) is 0 Å². The molecule has 0 bridgehead atoms. The van der Waals surface area contributed by atoms with E-state index in [1.54, 1.807) is 0 Å². The fraction of sp³-hybridized carbons (Fsp3) is 0.182. The molecule has 1 N–H and O–H groups in total. The van der Waals surface area contributed by atoms with Crippen molar-refractivity contribution in [3.63, 3.8) is 0 Å². The smallest absolute Gasteiger partial charge is 0.409 e. The second-order valence-corrected chi connectivity index (χ2v) is 8.35. The molecule has 4 rings (SSSR count). The van der Waals surface area contributed by atoms with Crippen LogP contribution in [-0.4, -0.2) is 6.61 Å². The lowest BCUT2D eigenvalue weighted by Crippen LogP contribution is -2.16. The molecular weight excluding hydrogens is 357 g/mol. The summed E-state index contributed by atoms with van der Waals surface area (Å²) in [6.45, 7) is 2.39. The summed E-state index contributed by atoms with van der Waals surface area (Å²) in [5.74, 6) is 0.729. The van der Waals surface area contributed by atoms with Crippen LogP contribution < -0.4 is 9.61 Å². The third-order valence-corrected chi connectivity index (χ3v) is 6.16. The van der Waals surface area contributed by atoms with Crippen LogP contribution in [0.25, 0.3) is 0 Å². The first-order chi connectivity index (χ1) is 13.1. The highest BCUT2D eigenvalue weighted by Crippen LogP contribution is 2.52. The highest BCUT2D eigenvalue weighted by atomic mass is 31.2. The highest BCUT2D eigenvalue weighted by molar-refractivity contribution is 7.55. The second-order valence-electron chi connectivity index (χ2n) is 6.69. The zero-order chi connectivity index (χ0) is 18.7. The van der Waals surface area contributed by atoms with E-state index in [0.717, 1.165) is 17.5 Å². The number of fused-ring (bicyclic) bond motifs is 1. The Labute approximate surface area is 159 Å². The van der Waals surface area contributed by atoms with Gasteiger partial charge in [0, 0.05) is 17.2 Å². The van der Waals surface area contributed by atoms with Gasteiger partial charge in [-0.1, -0.05) is 66.2 Å². The molecule has 0 radical (unpaired) electrons. The summed E-state index contributed by atoms with van der Waals surface area (Å²) in [6, 6.07) is 25.6. The van der Waals surface area contributed by atoms with Crippen LogP contribution in [0.15, 0.2) is 78.9 Å². The van der Waals surface area contributed by atoms with Crippen LogP contribution in [0.3, 0.4) is 0 Å². The Balaban J connectivity index is 1.71. The quantitative estimate of drug-likeness (QED) is 0.555. The molecule has 0 fully saturated rings. The third-order valence-electron chi connectivity index (χ3n) is 4.67. The molecule has 0 spiro atoms. The van der Waals surface area contributed by atoms with E-state index in [-0.39, 0.29) is 5.92 Å². The van der Waals surface area contributed by atoms with Crippen LogP contribution in [0.1, 0.15) is 29.0 Å². The van der Waals surface area contributed by atoms with Gasteiger partial charge in [0.1, 0.15) is 5.75 Å². The van der Waals surface area contributed by atoms with Gasteiger partial charge in [-0.25, -0.2) is 4.57 Å². The number of hydrogen-bond acceptors (Lipinski definition) is 3. The maximum atomic E-state index is 13.3. The minimum atomic E-state index is -3.52. The Hall–Kier alpha value is -2.55. The minimum absolute atomic E-state index is 0.131. The first kappa shape index (κ1) is 17.8. The molecule has 0 saturated heterocycles. The molecule has 1 aliphatic heterocycles. The maximum absolute atomic E-state index is 13.3. The normalized spacial score (nSPS) is 22.0. The van der Waals surface area contributed by atoms with Crippen molar-refractivity contribution in [2.75, 3.05) is 11.7 Å². The molecule has 2 unspecified atom stereocenters. The van der Waals surface area contributed by atoms with Gasteiger partial charge >= 0.3 is 7.75 Å². The van der Waals surface area contributed by atoms with E-state index in [1.165, 1.54) is 5.56 Å². The van der Waals surface area contributed by atoms with Crippen LogP contribution in [0.4, 0.5) is 5.69 Å². The monoisotopic (exact) mass is 379 g/mol. The molecule has 2 atom stereocenters. The van der Waals surface area contributed by atoms with Crippen molar-refractivity contribution in [3.8, 4) is 5.75 Å². The van der Waals surface area contributed by atoms with Gasteiger partial charge in [-0.15, -0.1) is 0 Å². The first-order valence-corrected chi connectivity index (χ1v) is 10.6. The summed E-state index contributed by atoms with van der Waals surface area (Å²) in [5.41, 5.74) is 4.09. The zero-order valence-corrected chi connectivity index (χ0v) is 16.1. The zero-order valence-electron chi connectivity index (χ0n) is 15.2. The first-order valence-electron chi connectivity index (χ1n) is 9.06. The molecule has 138 valence electrons. The number of rotatable bonds is 3. The Morgan fingerprint density at radius 1 is 0.963 bits per heavy atom. The molecule has 1 aliphatic rings. The van der Waals surface area contributed by atoms with E-state index in [0.29, 0.717) is 18.0 Å². The van der Waals surface area contributed by atoms with Gasteiger partial charge in [-0.3, -0.25) is 9.61 Å². The largest absolute Gasteiger partial charge is 0.486 e. The topological polar surface area (TPSA) is 47.6 Å². The lowest BCUT2D eigenvalue weighted by molar-refractivity contribution is 0.252. The van der Waals surface area contributed by atoms with Gasteiger partial charge in [-0.05, 0) is 37.1 Å². The average Bonchev–Trinajstić information content (AvgIpc) is 2.67. The van der Waals surface area contributed by atoms with Crippen molar-refractivity contribution >= 4 is 13.4 Å². The number of aryl methyl sites for hydroxylation is 1. The third kappa shape index (κ3) is 4.08. The molecular formula is C22H22NO3P. The molecule has 0 saturated carbocycles. The second kappa shape index (κ2) is 7.59. The van der Waals surface area contributed by atoms with Crippen LogP contribution in [0, 0.1) is 6.92 Å². The number of benzene rings is 3. The number of anilines is 1. The molecule has 0 aromatic heterocycles. The molecule has 3 aromatic carbocycles. The Morgan fingerprint density at radius 2 is 1.67 bits per heavy atom. The van der Waals surface area contributed by atoms with Crippen molar-refractivity contribution in [2.24, 2.45) is 0 Å². The predicted octanol–water partition coefficient (Wildman–Crippen LogP) is 6.15. The van der Waals surface area contributed by atoms with Crippen LogP contribution in [0.5, 0.6) is 5.75 Å². The fourth-order valence-electron chi connectivity index (χ4n) is 3.38. The van der Waals surface area contributed by atoms with Gasteiger partial charge in [0.15, 0.2) is 0 Å². The lowest BCUT2D eigenvalue weighted by atomic mass is 9.87. The Morgan fingerprint density at radius 3 is 2.41 bits per heavy atom. The van der Waals surface area contributed by atoms with E-state index in [1.807, 2.05) is 60.7 Å². The predicted molar refractivity (Wildman–Crippen MR) is 108 cm³/mol.